The van der Waals surface area contributed by atoms with Crippen LogP contribution in [0.25, 0.3) is 0 Å². The lowest BCUT2D eigenvalue weighted by Crippen LogP contribution is -2.33. The van der Waals surface area contributed by atoms with E-state index in [0.29, 0.717) is 11.0 Å². The zero-order valence-corrected chi connectivity index (χ0v) is 12.3. The Hall–Kier alpha value is -1.16. The minimum atomic E-state index is -0.849. The van der Waals surface area contributed by atoms with Crippen molar-refractivity contribution in [3.63, 3.8) is 0 Å². The number of carbonyl (C=O) groups is 1. The van der Waals surface area contributed by atoms with Crippen molar-refractivity contribution in [2.45, 2.75) is 38.0 Å². The molecule has 0 bridgehead atoms. The quantitative estimate of drug-likeness (QED) is 0.770. The molecule has 0 saturated heterocycles. The Bertz CT molecular complexity index is 469. The van der Waals surface area contributed by atoms with Crippen LogP contribution in [0.2, 0.25) is 0 Å². The lowest BCUT2D eigenvalue weighted by atomic mass is 9.70. The van der Waals surface area contributed by atoms with Crippen molar-refractivity contribution in [1.82, 2.24) is 0 Å². The molecule has 0 spiro atoms. The zero-order chi connectivity index (χ0) is 13.9. The van der Waals surface area contributed by atoms with Crippen molar-refractivity contribution >= 4 is 23.4 Å². The third-order valence-electron chi connectivity index (χ3n) is 3.81. The fourth-order valence-electron chi connectivity index (χ4n) is 2.44. The van der Waals surface area contributed by atoms with Gasteiger partial charge in [-0.15, -0.1) is 11.8 Å². The van der Waals surface area contributed by atoms with Crippen LogP contribution in [0.5, 0.6) is 0 Å². The van der Waals surface area contributed by atoms with E-state index in [0.717, 1.165) is 22.9 Å². The first-order valence-corrected chi connectivity index (χ1v) is 7.77. The van der Waals surface area contributed by atoms with Gasteiger partial charge in [0.1, 0.15) is 0 Å². The number of benzene rings is 1. The van der Waals surface area contributed by atoms with Crippen molar-refractivity contribution in [3.8, 4) is 0 Å². The van der Waals surface area contributed by atoms with E-state index in [-0.39, 0.29) is 0 Å². The Morgan fingerprint density at radius 1 is 1.47 bits per heavy atom. The average Bonchev–Trinajstić information content (AvgIpc) is 2.34. The predicted octanol–water partition coefficient (Wildman–Crippen LogP) is 4.10. The largest absolute Gasteiger partial charge is 0.478 e. The van der Waals surface area contributed by atoms with Crippen LogP contribution in [0.15, 0.2) is 23.1 Å². The summed E-state index contributed by atoms with van der Waals surface area (Å²) >= 11 is 1.58. The Kier molecular flexibility index (Phi) is 4.40. The summed E-state index contributed by atoms with van der Waals surface area (Å²) in [6.45, 7) is 5.15. The Balaban J connectivity index is 2.18. The molecule has 0 unspecified atom stereocenters. The topological polar surface area (TPSA) is 49.3 Å². The highest BCUT2D eigenvalue weighted by Gasteiger charge is 2.31. The summed E-state index contributed by atoms with van der Waals surface area (Å²) in [7, 11) is 0. The minimum Gasteiger partial charge on any atom is -0.478 e. The molecule has 0 atom stereocenters. The summed E-state index contributed by atoms with van der Waals surface area (Å²) < 4.78 is 0. The smallest absolute Gasteiger partial charge is 0.338 e. The number of carboxylic acids is 1. The van der Waals surface area contributed by atoms with Crippen LogP contribution >= 0.6 is 11.8 Å². The molecule has 1 saturated carbocycles. The van der Waals surface area contributed by atoms with Gasteiger partial charge in [0.2, 0.25) is 0 Å². The molecule has 0 amide bonds. The third kappa shape index (κ3) is 3.24. The molecule has 2 N–H and O–H groups in total. The maximum absolute atomic E-state index is 11.5. The molecular weight excluding hydrogens is 258 g/mol. The first-order chi connectivity index (χ1) is 9.06. The third-order valence-corrected chi connectivity index (χ3v) is 4.75. The Morgan fingerprint density at radius 2 is 2.21 bits per heavy atom. The van der Waals surface area contributed by atoms with Crippen LogP contribution in [0, 0.1) is 5.41 Å². The summed E-state index contributed by atoms with van der Waals surface area (Å²) in [5.74, 6) is 0.0272. The molecule has 0 aromatic heterocycles. The van der Waals surface area contributed by atoms with E-state index in [2.05, 4.69) is 12.2 Å². The maximum Gasteiger partial charge on any atom is 0.338 e. The van der Waals surface area contributed by atoms with Gasteiger partial charge in [0, 0.05) is 17.1 Å². The van der Waals surface area contributed by atoms with Gasteiger partial charge < -0.3 is 10.4 Å². The monoisotopic (exact) mass is 279 g/mol. The van der Waals surface area contributed by atoms with Crippen LogP contribution in [-0.2, 0) is 0 Å². The standard InChI is InChI=1S/C15H21NO2S/c1-3-19-12-7-4-6-11(13(12)14(17)18)16-10-15(2)8-5-9-15/h4,6-7,16H,3,5,8-10H2,1-2H3,(H,17,18). The van der Waals surface area contributed by atoms with E-state index in [1.807, 2.05) is 25.1 Å². The van der Waals surface area contributed by atoms with Gasteiger partial charge in [0.25, 0.3) is 0 Å². The lowest BCUT2D eigenvalue weighted by Gasteiger charge is -2.38. The SMILES string of the molecule is CCSc1cccc(NCC2(C)CCC2)c1C(=O)O. The van der Waals surface area contributed by atoms with Crippen LogP contribution in [-0.4, -0.2) is 23.4 Å². The minimum absolute atomic E-state index is 0.337. The second-order valence-corrected chi connectivity index (χ2v) is 6.74. The number of rotatable bonds is 6. The maximum atomic E-state index is 11.5. The molecule has 0 radical (unpaired) electrons. The number of anilines is 1. The number of nitrogens with one attached hydrogen (secondary N) is 1. The van der Waals surface area contributed by atoms with E-state index >= 15 is 0 Å². The van der Waals surface area contributed by atoms with Crippen molar-refractivity contribution in [2.24, 2.45) is 5.41 Å². The van der Waals surface area contributed by atoms with E-state index in [1.165, 1.54) is 19.3 Å². The summed E-state index contributed by atoms with van der Waals surface area (Å²) in [5, 5.41) is 12.8. The molecule has 1 aromatic carbocycles. The fraction of sp³-hybridized carbons (Fsp3) is 0.533. The Morgan fingerprint density at radius 3 is 2.74 bits per heavy atom. The van der Waals surface area contributed by atoms with E-state index in [1.54, 1.807) is 11.8 Å². The first-order valence-electron chi connectivity index (χ1n) is 6.79. The van der Waals surface area contributed by atoms with Gasteiger partial charge >= 0.3 is 5.97 Å². The van der Waals surface area contributed by atoms with E-state index < -0.39 is 5.97 Å². The molecule has 19 heavy (non-hydrogen) atoms. The molecule has 4 heteroatoms. The number of thioether (sulfide) groups is 1. The summed E-state index contributed by atoms with van der Waals surface area (Å²) in [6.07, 6.45) is 3.74. The average molecular weight is 279 g/mol. The van der Waals surface area contributed by atoms with Crippen LogP contribution in [0.1, 0.15) is 43.5 Å². The van der Waals surface area contributed by atoms with Crippen LogP contribution < -0.4 is 5.32 Å². The molecule has 1 aromatic rings. The number of hydrogen-bond acceptors (Lipinski definition) is 3. The van der Waals surface area contributed by atoms with Crippen molar-refractivity contribution in [2.75, 3.05) is 17.6 Å². The van der Waals surface area contributed by atoms with Gasteiger partial charge in [0.05, 0.1) is 5.56 Å². The molecule has 2 rings (SSSR count). The number of carboxylic acid groups (broad SMARTS) is 1. The lowest BCUT2D eigenvalue weighted by molar-refractivity contribution is 0.0694. The van der Waals surface area contributed by atoms with Crippen LogP contribution in [0.4, 0.5) is 5.69 Å². The summed E-state index contributed by atoms with van der Waals surface area (Å²) in [4.78, 5) is 12.3. The molecule has 1 aliphatic rings. The molecule has 3 nitrogen and oxygen atoms in total. The van der Waals surface area contributed by atoms with Gasteiger partial charge in [-0.1, -0.05) is 26.3 Å². The normalized spacial score (nSPS) is 16.7. The summed E-state index contributed by atoms with van der Waals surface area (Å²) in [5.41, 5.74) is 1.50. The van der Waals surface area contributed by atoms with Gasteiger partial charge in [-0.3, -0.25) is 0 Å². The first kappa shape index (κ1) is 14.3. The highest BCUT2D eigenvalue weighted by Crippen LogP contribution is 2.40. The van der Waals surface area contributed by atoms with Crippen molar-refractivity contribution < 1.29 is 9.90 Å². The molecular formula is C15H21NO2S. The molecule has 104 valence electrons. The van der Waals surface area contributed by atoms with Gasteiger partial charge in [-0.05, 0) is 36.1 Å². The van der Waals surface area contributed by atoms with Crippen molar-refractivity contribution in [3.05, 3.63) is 23.8 Å². The number of aromatic carboxylic acids is 1. The highest BCUT2D eigenvalue weighted by molar-refractivity contribution is 7.99. The molecule has 1 aliphatic carbocycles. The summed E-state index contributed by atoms with van der Waals surface area (Å²) in [6, 6.07) is 5.68. The fourth-order valence-corrected chi connectivity index (χ4v) is 3.27. The van der Waals surface area contributed by atoms with Crippen LogP contribution in [0.3, 0.4) is 0 Å². The van der Waals surface area contributed by atoms with Gasteiger partial charge in [0.15, 0.2) is 0 Å². The molecule has 0 aliphatic heterocycles. The Labute approximate surface area is 118 Å². The zero-order valence-electron chi connectivity index (χ0n) is 11.5. The number of hydrogen-bond donors (Lipinski definition) is 2. The van der Waals surface area contributed by atoms with E-state index in [9.17, 15) is 9.90 Å². The van der Waals surface area contributed by atoms with Gasteiger partial charge in [-0.2, -0.15) is 0 Å². The second-order valence-electron chi connectivity index (χ2n) is 5.43. The van der Waals surface area contributed by atoms with Crippen molar-refractivity contribution in [1.29, 1.82) is 0 Å². The van der Waals surface area contributed by atoms with Gasteiger partial charge in [-0.25, -0.2) is 4.79 Å². The molecule has 0 heterocycles. The second kappa shape index (κ2) is 5.87. The predicted molar refractivity (Wildman–Crippen MR) is 80.2 cm³/mol. The molecule has 1 fully saturated rings. The highest BCUT2D eigenvalue weighted by atomic mass is 32.2. The van der Waals surface area contributed by atoms with E-state index in [4.69, 9.17) is 0 Å².